The smallest absolute Gasteiger partial charge is 0.228 e. The standard InChI is InChI=1S/C15H21N3O2/c1-11(19)16-13-6-4-5-12-7-10-18(15(12)13)14(20)8-9-17(2)3/h4-6H,7-10H2,1-3H3,(H,16,19). The van der Waals surface area contributed by atoms with E-state index in [0.29, 0.717) is 13.0 Å². The molecule has 1 aromatic carbocycles. The normalized spacial score (nSPS) is 13.5. The molecule has 2 amide bonds. The number of carbonyl (C=O) groups excluding carboxylic acids is 2. The Morgan fingerprint density at radius 1 is 1.35 bits per heavy atom. The van der Waals surface area contributed by atoms with Crippen molar-refractivity contribution in [1.82, 2.24) is 4.90 Å². The molecule has 0 aromatic heterocycles. The van der Waals surface area contributed by atoms with Gasteiger partial charge in [0.25, 0.3) is 0 Å². The van der Waals surface area contributed by atoms with Crippen LogP contribution in [0.4, 0.5) is 11.4 Å². The number of carbonyl (C=O) groups is 2. The van der Waals surface area contributed by atoms with E-state index in [1.165, 1.54) is 6.92 Å². The van der Waals surface area contributed by atoms with Crippen LogP contribution in [0.1, 0.15) is 18.9 Å². The average molecular weight is 275 g/mol. The van der Waals surface area contributed by atoms with Crippen molar-refractivity contribution in [3.8, 4) is 0 Å². The van der Waals surface area contributed by atoms with E-state index in [9.17, 15) is 9.59 Å². The third-order valence-electron chi connectivity index (χ3n) is 3.38. The Morgan fingerprint density at radius 3 is 2.75 bits per heavy atom. The van der Waals surface area contributed by atoms with E-state index in [2.05, 4.69) is 5.32 Å². The van der Waals surface area contributed by atoms with Crippen LogP contribution in [-0.2, 0) is 16.0 Å². The molecule has 0 saturated heterocycles. The molecule has 0 saturated carbocycles. The number of hydrogen-bond acceptors (Lipinski definition) is 3. The monoisotopic (exact) mass is 275 g/mol. The van der Waals surface area contributed by atoms with Crippen LogP contribution in [0.15, 0.2) is 18.2 Å². The van der Waals surface area contributed by atoms with Gasteiger partial charge in [0.1, 0.15) is 0 Å². The topological polar surface area (TPSA) is 52.7 Å². The van der Waals surface area contributed by atoms with Crippen LogP contribution in [0.2, 0.25) is 0 Å². The Hall–Kier alpha value is -1.88. The lowest BCUT2D eigenvalue weighted by atomic mass is 10.1. The largest absolute Gasteiger partial charge is 0.325 e. The summed E-state index contributed by atoms with van der Waals surface area (Å²) in [5.41, 5.74) is 2.71. The molecule has 1 heterocycles. The number of hydrogen-bond donors (Lipinski definition) is 1. The molecule has 2 rings (SSSR count). The van der Waals surface area contributed by atoms with Gasteiger partial charge in [0, 0.05) is 26.4 Å². The van der Waals surface area contributed by atoms with Crippen molar-refractivity contribution in [2.24, 2.45) is 0 Å². The SMILES string of the molecule is CC(=O)Nc1cccc2c1N(C(=O)CCN(C)C)CC2. The van der Waals surface area contributed by atoms with Crippen LogP contribution in [-0.4, -0.2) is 43.9 Å². The summed E-state index contributed by atoms with van der Waals surface area (Å²) in [6, 6.07) is 5.77. The second kappa shape index (κ2) is 6.05. The molecule has 1 aromatic rings. The third kappa shape index (κ3) is 3.17. The lowest BCUT2D eigenvalue weighted by molar-refractivity contribution is -0.118. The Balaban J connectivity index is 2.21. The molecule has 0 atom stereocenters. The molecule has 0 fully saturated rings. The molecule has 0 aliphatic carbocycles. The van der Waals surface area contributed by atoms with E-state index in [-0.39, 0.29) is 11.8 Å². The molecular weight excluding hydrogens is 254 g/mol. The average Bonchev–Trinajstić information content (AvgIpc) is 2.80. The molecule has 5 nitrogen and oxygen atoms in total. The van der Waals surface area contributed by atoms with E-state index in [1.54, 1.807) is 4.90 Å². The Kier molecular flexibility index (Phi) is 4.39. The lowest BCUT2D eigenvalue weighted by Crippen LogP contribution is -2.32. The number of fused-ring (bicyclic) bond motifs is 1. The maximum absolute atomic E-state index is 12.3. The quantitative estimate of drug-likeness (QED) is 0.905. The van der Waals surface area contributed by atoms with Gasteiger partial charge in [0.15, 0.2) is 0 Å². The van der Waals surface area contributed by atoms with Crippen molar-refractivity contribution in [3.63, 3.8) is 0 Å². The molecule has 1 N–H and O–H groups in total. The number of nitrogens with zero attached hydrogens (tertiary/aromatic N) is 2. The first-order chi connectivity index (χ1) is 9.49. The molecule has 0 bridgehead atoms. The van der Waals surface area contributed by atoms with Gasteiger partial charge in [-0.25, -0.2) is 0 Å². The summed E-state index contributed by atoms with van der Waals surface area (Å²) in [6.07, 6.45) is 1.33. The van der Waals surface area contributed by atoms with Crippen molar-refractivity contribution in [1.29, 1.82) is 0 Å². The predicted octanol–water partition coefficient (Wildman–Crippen LogP) is 1.49. The number of nitrogens with one attached hydrogen (secondary N) is 1. The minimum atomic E-state index is -0.119. The zero-order valence-corrected chi connectivity index (χ0v) is 12.3. The minimum Gasteiger partial charge on any atom is -0.325 e. The van der Waals surface area contributed by atoms with Crippen molar-refractivity contribution in [2.45, 2.75) is 19.8 Å². The Labute approximate surface area is 119 Å². The van der Waals surface area contributed by atoms with E-state index >= 15 is 0 Å². The van der Waals surface area contributed by atoms with Gasteiger partial charge in [0.05, 0.1) is 11.4 Å². The second-order valence-corrected chi connectivity index (χ2v) is 5.34. The van der Waals surface area contributed by atoms with Gasteiger partial charge >= 0.3 is 0 Å². The molecule has 0 unspecified atom stereocenters. The summed E-state index contributed by atoms with van der Waals surface area (Å²) in [7, 11) is 3.90. The number of anilines is 2. The maximum Gasteiger partial charge on any atom is 0.228 e. The molecule has 1 aliphatic heterocycles. The third-order valence-corrected chi connectivity index (χ3v) is 3.38. The fourth-order valence-electron chi connectivity index (χ4n) is 2.45. The first-order valence-electron chi connectivity index (χ1n) is 6.83. The second-order valence-electron chi connectivity index (χ2n) is 5.34. The minimum absolute atomic E-state index is 0.107. The maximum atomic E-state index is 12.3. The number of para-hydroxylation sites is 1. The van der Waals surface area contributed by atoms with Crippen LogP contribution in [0.3, 0.4) is 0 Å². The molecular formula is C15H21N3O2. The molecule has 1 aliphatic rings. The zero-order valence-electron chi connectivity index (χ0n) is 12.3. The number of benzene rings is 1. The highest BCUT2D eigenvalue weighted by Gasteiger charge is 2.27. The summed E-state index contributed by atoms with van der Waals surface area (Å²) < 4.78 is 0. The van der Waals surface area contributed by atoms with Gasteiger partial charge in [-0.05, 0) is 32.1 Å². The summed E-state index contributed by atoms with van der Waals surface area (Å²) in [4.78, 5) is 27.4. The summed E-state index contributed by atoms with van der Waals surface area (Å²) in [5.74, 6) is -0.0127. The highest BCUT2D eigenvalue weighted by Crippen LogP contribution is 2.35. The van der Waals surface area contributed by atoms with Crippen LogP contribution < -0.4 is 10.2 Å². The van der Waals surface area contributed by atoms with E-state index in [4.69, 9.17) is 0 Å². The molecule has 5 heteroatoms. The number of amides is 2. The van der Waals surface area contributed by atoms with Crippen LogP contribution in [0.5, 0.6) is 0 Å². The fourth-order valence-corrected chi connectivity index (χ4v) is 2.45. The first-order valence-corrected chi connectivity index (χ1v) is 6.83. The number of rotatable bonds is 4. The summed E-state index contributed by atoms with van der Waals surface area (Å²) in [6.45, 7) is 2.90. The van der Waals surface area contributed by atoms with Crippen molar-refractivity contribution < 1.29 is 9.59 Å². The molecule has 0 spiro atoms. The van der Waals surface area contributed by atoms with Gasteiger partial charge in [-0.15, -0.1) is 0 Å². The Bertz CT molecular complexity index is 526. The van der Waals surface area contributed by atoms with Gasteiger partial charge in [-0.2, -0.15) is 0 Å². The fraction of sp³-hybridized carbons (Fsp3) is 0.467. The highest BCUT2D eigenvalue weighted by molar-refractivity contribution is 6.02. The predicted molar refractivity (Wildman–Crippen MR) is 80.0 cm³/mol. The van der Waals surface area contributed by atoms with E-state index in [0.717, 1.165) is 29.9 Å². The van der Waals surface area contributed by atoms with Gasteiger partial charge in [0.2, 0.25) is 11.8 Å². The molecule has 0 radical (unpaired) electrons. The van der Waals surface area contributed by atoms with Gasteiger partial charge in [-0.1, -0.05) is 12.1 Å². The summed E-state index contributed by atoms with van der Waals surface area (Å²) >= 11 is 0. The highest BCUT2D eigenvalue weighted by atomic mass is 16.2. The zero-order chi connectivity index (χ0) is 14.7. The van der Waals surface area contributed by atoms with Crippen LogP contribution in [0.25, 0.3) is 0 Å². The Morgan fingerprint density at radius 2 is 2.10 bits per heavy atom. The van der Waals surface area contributed by atoms with Gasteiger partial charge in [-0.3, -0.25) is 9.59 Å². The summed E-state index contributed by atoms with van der Waals surface area (Å²) in [5, 5.41) is 2.81. The van der Waals surface area contributed by atoms with E-state index in [1.807, 2.05) is 37.2 Å². The van der Waals surface area contributed by atoms with Crippen LogP contribution in [0, 0.1) is 0 Å². The van der Waals surface area contributed by atoms with E-state index < -0.39 is 0 Å². The molecule has 108 valence electrons. The van der Waals surface area contributed by atoms with Crippen molar-refractivity contribution >= 4 is 23.2 Å². The van der Waals surface area contributed by atoms with Crippen LogP contribution >= 0.6 is 0 Å². The van der Waals surface area contributed by atoms with Gasteiger partial charge < -0.3 is 15.1 Å². The first kappa shape index (κ1) is 14.5. The van der Waals surface area contributed by atoms with Crippen molar-refractivity contribution in [3.05, 3.63) is 23.8 Å². The van der Waals surface area contributed by atoms with Crippen molar-refractivity contribution in [2.75, 3.05) is 37.4 Å². The molecule has 20 heavy (non-hydrogen) atoms. The lowest BCUT2D eigenvalue weighted by Gasteiger charge is -2.21.